The summed E-state index contributed by atoms with van der Waals surface area (Å²) >= 11 is 1.73. The number of carbonyl (C=O) groups is 1. The Hall–Kier alpha value is -1.62. The van der Waals surface area contributed by atoms with Gasteiger partial charge in [-0.3, -0.25) is 5.10 Å². The van der Waals surface area contributed by atoms with Crippen LogP contribution in [0, 0.1) is 6.92 Å². The summed E-state index contributed by atoms with van der Waals surface area (Å²) in [7, 11) is 0. The largest absolute Gasteiger partial charge is 0.477 e. The maximum absolute atomic E-state index is 11.0. The molecule has 2 aromatic rings. The van der Waals surface area contributed by atoms with Crippen molar-refractivity contribution in [1.82, 2.24) is 10.2 Å². The van der Waals surface area contributed by atoms with Crippen LogP contribution >= 0.6 is 11.3 Å². The van der Waals surface area contributed by atoms with Crippen LogP contribution in [0.3, 0.4) is 0 Å². The zero-order valence-electron chi connectivity index (χ0n) is 8.70. The van der Waals surface area contributed by atoms with E-state index in [9.17, 15) is 4.79 Å². The lowest BCUT2D eigenvalue weighted by Gasteiger charge is -2.11. The third-order valence-corrected chi connectivity index (χ3v) is 4.14. The number of aryl methyl sites for hydroxylation is 2. The lowest BCUT2D eigenvalue weighted by Crippen LogP contribution is -2.06. The zero-order valence-corrected chi connectivity index (χ0v) is 9.52. The summed E-state index contributed by atoms with van der Waals surface area (Å²) in [4.78, 5) is 12.3. The van der Waals surface area contributed by atoms with Crippen molar-refractivity contribution in [2.24, 2.45) is 0 Å². The number of H-pyrrole nitrogens is 1. The third kappa shape index (κ3) is 1.15. The molecule has 0 aromatic carbocycles. The van der Waals surface area contributed by atoms with Crippen molar-refractivity contribution in [3.05, 3.63) is 27.1 Å². The van der Waals surface area contributed by atoms with Crippen LogP contribution in [-0.2, 0) is 12.8 Å². The van der Waals surface area contributed by atoms with E-state index in [0.717, 1.165) is 29.7 Å². The van der Waals surface area contributed by atoms with Gasteiger partial charge < -0.3 is 5.11 Å². The fourth-order valence-electron chi connectivity index (χ4n) is 2.23. The Bertz CT molecular complexity index is 583. The molecular weight excluding hydrogens is 224 g/mol. The molecule has 16 heavy (non-hydrogen) atoms. The second-order valence-corrected chi connectivity index (χ2v) is 4.91. The molecular formula is C11H10N2O2S. The summed E-state index contributed by atoms with van der Waals surface area (Å²) in [5.74, 6) is -0.926. The predicted molar refractivity (Wildman–Crippen MR) is 61.0 cm³/mol. The average Bonchev–Trinajstić information content (AvgIpc) is 2.81. The van der Waals surface area contributed by atoms with E-state index in [1.807, 2.05) is 6.92 Å². The maximum Gasteiger partial charge on any atom is 0.354 e. The van der Waals surface area contributed by atoms with E-state index in [0.29, 0.717) is 0 Å². The Morgan fingerprint density at radius 3 is 3.12 bits per heavy atom. The Morgan fingerprint density at radius 1 is 1.56 bits per heavy atom. The molecule has 2 heterocycles. The highest BCUT2D eigenvalue weighted by molar-refractivity contribution is 7.10. The highest BCUT2D eigenvalue weighted by Crippen LogP contribution is 2.39. The first-order chi connectivity index (χ1) is 7.68. The molecule has 1 aliphatic carbocycles. The van der Waals surface area contributed by atoms with Gasteiger partial charge in [-0.2, -0.15) is 5.10 Å². The van der Waals surface area contributed by atoms with Crippen molar-refractivity contribution in [2.45, 2.75) is 19.8 Å². The predicted octanol–water partition coefficient (Wildman–Crippen LogP) is 2.24. The molecule has 2 N–H and O–H groups in total. The van der Waals surface area contributed by atoms with Crippen LogP contribution in [0.5, 0.6) is 0 Å². The normalized spacial score (nSPS) is 13.3. The molecule has 4 nitrogen and oxygen atoms in total. The highest BCUT2D eigenvalue weighted by atomic mass is 32.1. The molecule has 82 valence electrons. The number of thiophene rings is 1. The topological polar surface area (TPSA) is 66.0 Å². The van der Waals surface area contributed by atoms with Crippen molar-refractivity contribution >= 4 is 17.3 Å². The Labute approximate surface area is 95.9 Å². The van der Waals surface area contributed by atoms with E-state index in [-0.39, 0.29) is 5.69 Å². The van der Waals surface area contributed by atoms with Crippen molar-refractivity contribution in [3.8, 4) is 11.3 Å². The van der Waals surface area contributed by atoms with Gasteiger partial charge in [-0.15, -0.1) is 11.3 Å². The fraction of sp³-hybridized carbons (Fsp3) is 0.273. The van der Waals surface area contributed by atoms with E-state index < -0.39 is 5.97 Å². The van der Waals surface area contributed by atoms with Gasteiger partial charge in [-0.05, 0) is 30.7 Å². The molecule has 0 saturated carbocycles. The average molecular weight is 234 g/mol. The Morgan fingerprint density at radius 2 is 2.38 bits per heavy atom. The van der Waals surface area contributed by atoms with Gasteiger partial charge in [0.2, 0.25) is 0 Å². The SMILES string of the molecule is Cc1csc2c1-c1n[nH]c(C(=O)O)c1CC2. The van der Waals surface area contributed by atoms with Crippen molar-refractivity contribution in [1.29, 1.82) is 0 Å². The smallest absolute Gasteiger partial charge is 0.354 e. The highest BCUT2D eigenvalue weighted by Gasteiger charge is 2.26. The van der Waals surface area contributed by atoms with Crippen LogP contribution in [-0.4, -0.2) is 21.3 Å². The molecule has 0 radical (unpaired) electrons. The molecule has 0 amide bonds. The molecule has 0 spiro atoms. The van der Waals surface area contributed by atoms with Gasteiger partial charge in [0.25, 0.3) is 0 Å². The molecule has 0 bridgehead atoms. The summed E-state index contributed by atoms with van der Waals surface area (Å²) in [6.45, 7) is 2.04. The van der Waals surface area contributed by atoms with Gasteiger partial charge in [-0.25, -0.2) is 4.79 Å². The molecule has 0 atom stereocenters. The Kier molecular flexibility index (Phi) is 1.91. The van der Waals surface area contributed by atoms with Crippen LogP contribution in [0.1, 0.15) is 26.5 Å². The minimum atomic E-state index is -0.926. The lowest BCUT2D eigenvalue weighted by atomic mass is 9.93. The molecule has 2 aromatic heterocycles. The number of nitrogens with zero attached hydrogens (tertiary/aromatic N) is 1. The second-order valence-electron chi connectivity index (χ2n) is 3.95. The molecule has 0 aliphatic heterocycles. The van der Waals surface area contributed by atoms with Crippen LogP contribution in [0.25, 0.3) is 11.3 Å². The van der Waals surface area contributed by atoms with Crippen molar-refractivity contribution < 1.29 is 9.90 Å². The number of carboxylic acid groups (broad SMARTS) is 1. The van der Waals surface area contributed by atoms with Crippen LogP contribution < -0.4 is 0 Å². The van der Waals surface area contributed by atoms with E-state index >= 15 is 0 Å². The summed E-state index contributed by atoms with van der Waals surface area (Å²) in [6.07, 6.45) is 1.68. The zero-order chi connectivity index (χ0) is 11.3. The van der Waals surface area contributed by atoms with Gasteiger partial charge in [-0.1, -0.05) is 0 Å². The summed E-state index contributed by atoms with van der Waals surface area (Å²) in [6, 6.07) is 0. The van der Waals surface area contributed by atoms with Gasteiger partial charge >= 0.3 is 5.97 Å². The van der Waals surface area contributed by atoms with Gasteiger partial charge in [0, 0.05) is 16.0 Å². The third-order valence-electron chi connectivity index (χ3n) is 2.97. The molecule has 1 aliphatic rings. The van der Waals surface area contributed by atoms with Crippen molar-refractivity contribution in [2.75, 3.05) is 0 Å². The number of fused-ring (bicyclic) bond motifs is 3. The van der Waals surface area contributed by atoms with E-state index in [1.54, 1.807) is 11.3 Å². The quantitative estimate of drug-likeness (QED) is 0.795. The van der Waals surface area contributed by atoms with Gasteiger partial charge in [0.1, 0.15) is 5.69 Å². The lowest BCUT2D eigenvalue weighted by molar-refractivity contribution is 0.0689. The minimum Gasteiger partial charge on any atom is -0.477 e. The maximum atomic E-state index is 11.0. The summed E-state index contributed by atoms with van der Waals surface area (Å²) in [5, 5.41) is 17.9. The molecule has 0 unspecified atom stereocenters. The number of hydrogen-bond acceptors (Lipinski definition) is 3. The summed E-state index contributed by atoms with van der Waals surface area (Å²) < 4.78 is 0. The summed E-state index contributed by atoms with van der Waals surface area (Å²) in [5.41, 5.74) is 4.24. The van der Waals surface area contributed by atoms with E-state index in [4.69, 9.17) is 5.11 Å². The molecule has 0 fully saturated rings. The number of rotatable bonds is 1. The first kappa shape index (κ1) is 9.59. The second kappa shape index (κ2) is 3.18. The van der Waals surface area contributed by atoms with Gasteiger partial charge in [0.15, 0.2) is 0 Å². The Balaban J connectivity index is 2.26. The molecule has 5 heteroatoms. The number of aromatic amines is 1. The first-order valence-electron chi connectivity index (χ1n) is 5.06. The van der Waals surface area contributed by atoms with Crippen molar-refractivity contribution in [3.63, 3.8) is 0 Å². The van der Waals surface area contributed by atoms with Crippen LogP contribution in [0.15, 0.2) is 5.38 Å². The number of aromatic carboxylic acids is 1. The van der Waals surface area contributed by atoms with Crippen LogP contribution in [0.2, 0.25) is 0 Å². The number of carboxylic acids is 1. The number of nitrogens with one attached hydrogen (secondary N) is 1. The standard InChI is InChI=1S/C11H10N2O2S/c1-5-4-16-7-3-2-6-9(8(5)7)12-13-10(6)11(14)15/h4H,2-3H2,1H3,(H,12,13)(H,14,15). The number of aromatic nitrogens is 2. The van der Waals surface area contributed by atoms with Crippen LogP contribution in [0.4, 0.5) is 0 Å². The minimum absolute atomic E-state index is 0.242. The fourth-order valence-corrected chi connectivity index (χ4v) is 3.26. The van der Waals surface area contributed by atoms with E-state index in [2.05, 4.69) is 15.6 Å². The monoisotopic (exact) mass is 234 g/mol. The number of hydrogen-bond donors (Lipinski definition) is 2. The van der Waals surface area contributed by atoms with E-state index in [1.165, 1.54) is 10.4 Å². The van der Waals surface area contributed by atoms with Gasteiger partial charge in [0.05, 0.1) is 5.69 Å². The molecule has 3 rings (SSSR count). The first-order valence-corrected chi connectivity index (χ1v) is 5.94. The molecule has 0 saturated heterocycles.